The molecule has 1 saturated heterocycles. The van der Waals surface area contributed by atoms with Crippen LogP contribution in [0, 0.1) is 27.7 Å². The minimum atomic E-state index is -3.63. The van der Waals surface area contributed by atoms with Gasteiger partial charge in [0, 0.05) is 38.6 Å². The van der Waals surface area contributed by atoms with Crippen LogP contribution in [0.25, 0.3) is 5.65 Å². The maximum absolute atomic E-state index is 13.4. The van der Waals surface area contributed by atoms with Crippen LogP contribution in [0.1, 0.15) is 32.7 Å². The zero-order chi connectivity index (χ0) is 21.6. The van der Waals surface area contributed by atoms with E-state index in [4.69, 9.17) is 0 Å². The van der Waals surface area contributed by atoms with Crippen LogP contribution in [0.2, 0.25) is 0 Å². The van der Waals surface area contributed by atoms with Crippen molar-refractivity contribution < 1.29 is 13.2 Å². The molecule has 0 bridgehead atoms. The molecule has 0 atom stereocenters. The molecular formula is C22H26N4O3S. The van der Waals surface area contributed by atoms with Crippen LogP contribution in [0.5, 0.6) is 0 Å². The summed E-state index contributed by atoms with van der Waals surface area (Å²) in [7, 11) is -3.63. The molecule has 7 nitrogen and oxygen atoms in total. The molecule has 3 heterocycles. The fourth-order valence-electron chi connectivity index (χ4n) is 4.03. The van der Waals surface area contributed by atoms with Crippen molar-refractivity contribution >= 4 is 21.6 Å². The molecule has 0 unspecified atom stereocenters. The standard InChI is InChI=1S/C22H26N4O3S/c1-15-13-16(2)18(4)21(17(15)3)30(28,29)26-11-9-24(10-12-26)22(27)19-14-25-8-6-5-7-20(25)23-19/h5-8,13-14H,9-12H2,1-4H3. The van der Waals surface area contributed by atoms with E-state index in [1.165, 1.54) is 4.31 Å². The molecule has 1 aliphatic rings. The number of carbonyl (C=O) groups is 1. The third kappa shape index (κ3) is 3.40. The molecule has 0 aliphatic carbocycles. The molecule has 30 heavy (non-hydrogen) atoms. The number of hydrogen-bond donors (Lipinski definition) is 0. The molecule has 0 N–H and O–H groups in total. The number of sulfonamides is 1. The maximum atomic E-state index is 13.4. The molecule has 0 radical (unpaired) electrons. The van der Waals surface area contributed by atoms with Gasteiger partial charge in [0.1, 0.15) is 11.3 Å². The lowest BCUT2D eigenvalue weighted by Crippen LogP contribution is -2.50. The molecule has 1 fully saturated rings. The van der Waals surface area contributed by atoms with Gasteiger partial charge in [-0.2, -0.15) is 4.31 Å². The average molecular weight is 427 g/mol. The highest BCUT2D eigenvalue weighted by atomic mass is 32.2. The highest BCUT2D eigenvalue weighted by Crippen LogP contribution is 2.29. The highest BCUT2D eigenvalue weighted by Gasteiger charge is 2.33. The van der Waals surface area contributed by atoms with E-state index < -0.39 is 10.0 Å². The molecule has 2 aromatic heterocycles. The average Bonchev–Trinajstić information content (AvgIpc) is 3.16. The van der Waals surface area contributed by atoms with Crippen LogP contribution in [0.3, 0.4) is 0 Å². The zero-order valence-electron chi connectivity index (χ0n) is 17.7. The summed E-state index contributed by atoms with van der Waals surface area (Å²) in [5, 5.41) is 0. The van der Waals surface area contributed by atoms with Gasteiger partial charge in [-0.3, -0.25) is 4.79 Å². The first kappa shape index (κ1) is 20.6. The quantitative estimate of drug-likeness (QED) is 0.645. The van der Waals surface area contributed by atoms with E-state index in [0.717, 1.165) is 22.3 Å². The lowest BCUT2D eigenvalue weighted by atomic mass is 10.0. The van der Waals surface area contributed by atoms with Gasteiger partial charge in [-0.1, -0.05) is 12.1 Å². The van der Waals surface area contributed by atoms with Gasteiger partial charge in [-0.05, 0) is 62.1 Å². The summed E-state index contributed by atoms with van der Waals surface area (Å²) in [6.07, 6.45) is 3.56. The predicted octanol–water partition coefficient (Wildman–Crippen LogP) is 2.71. The number of nitrogens with zero attached hydrogens (tertiary/aromatic N) is 4. The van der Waals surface area contributed by atoms with Gasteiger partial charge < -0.3 is 9.30 Å². The van der Waals surface area contributed by atoms with E-state index in [-0.39, 0.29) is 19.0 Å². The minimum Gasteiger partial charge on any atom is -0.335 e. The number of benzene rings is 1. The molecule has 1 aromatic carbocycles. The Morgan fingerprint density at radius 3 is 2.20 bits per heavy atom. The van der Waals surface area contributed by atoms with Gasteiger partial charge in [-0.25, -0.2) is 13.4 Å². The summed E-state index contributed by atoms with van der Waals surface area (Å²) < 4.78 is 30.1. The van der Waals surface area contributed by atoms with Crippen molar-refractivity contribution in [1.29, 1.82) is 0 Å². The number of imidazole rings is 1. The summed E-state index contributed by atoms with van der Waals surface area (Å²) in [6, 6.07) is 7.62. The van der Waals surface area contributed by atoms with E-state index >= 15 is 0 Å². The molecule has 8 heteroatoms. The molecule has 4 rings (SSSR count). The molecular weight excluding hydrogens is 400 g/mol. The van der Waals surface area contributed by atoms with Gasteiger partial charge in [0.25, 0.3) is 5.91 Å². The highest BCUT2D eigenvalue weighted by molar-refractivity contribution is 7.89. The Morgan fingerprint density at radius 1 is 0.967 bits per heavy atom. The number of carbonyl (C=O) groups excluding carboxylic acids is 1. The van der Waals surface area contributed by atoms with E-state index in [0.29, 0.717) is 29.3 Å². The smallest absolute Gasteiger partial charge is 0.274 e. The molecule has 158 valence electrons. The molecule has 0 spiro atoms. The first-order valence-electron chi connectivity index (χ1n) is 10.0. The van der Waals surface area contributed by atoms with Crippen LogP contribution in [-0.4, -0.2) is 59.1 Å². The van der Waals surface area contributed by atoms with Gasteiger partial charge in [0.2, 0.25) is 10.0 Å². The Kier molecular flexibility index (Phi) is 5.15. The van der Waals surface area contributed by atoms with E-state index in [9.17, 15) is 13.2 Å². The van der Waals surface area contributed by atoms with Crippen LogP contribution in [-0.2, 0) is 10.0 Å². The normalized spacial score (nSPS) is 15.7. The van der Waals surface area contributed by atoms with E-state index in [1.807, 2.05) is 58.2 Å². The topological polar surface area (TPSA) is 75.0 Å². The monoisotopic (exact) mass is 426 g/mol. The van der Waals surface area contributed by atoms with E-state index in [1.54, 1.807) is 15.5 Å². The van der Waals surface area contributed by atoms with Crippen molar-refractivity contribution in [1.82, 2.24) is 18.6 Å². The van der Waals surface area contributed by atoms with Crippen molar-refractivity contribution in [2.45, 2.75) is 32.6 Å². The first-order chi connectivity index (χ1) is 14.2. The number of pyridine rings is 1. The molecule has 1 amide bonds. The second-order valence-corrected chi connectivity index (χ2v) is 9.75. The Hall–Kier alpha value is -2.71. The summed E-state index contributed by atoms with van der Waals surface area (Å²) in [5.41, 5.74) is 4.61. The van der Waals surface area contributed by atoms with Crippen molar-refractivity contribution in [3.63, 3.8) is 0 Å². The number of rotatable bonds is 3. The summed E-state index contributed by atoms with van der Waals surface area (Å²) >= 11 is 0. The van der Waals surface area contributed by atoms with E-state index in [2.05, 4.69) is 4.98 Å². The zero-order valence-corrected chi connectivity index (χ0v) is 18.5. The first-order valence-corrected chi connectivity index (χ1v) is 11.4. The van der Waals surface area contributed by atoms with Crippen molar-refractivity contribution in [3.8, 4) is 0 Å². The Bertz CT molecular complexity index is 1180. The van der Waals surface area contributed by atoms with Crippen LogP contribution >= 0.6 is 0 Å². The number of piperazine rings is 1. The number of fused-ring (bicyclic) bond motifs is 1. The molecule has 3 aromatic rings. The number of hydrogen-bond acceptors (Lipinski definition) is 4. The lowest BCUT2D eigenvalue weighted by Gasteiger charge is -2.34. The summed E-state index contributed by atoms with van der Waals surface area (Å²) in [4.78, 5) is 19.3. The largest absolute Gasteiger partial charge is 0.335 e. The maximum Gasteiger partial charge on any atom is 0.274 e. The second kappa shape index (κ2) is 7.52. The Balaban J connectivity index is 1.54. The number of aryl methyl sites for hydroxylation is 2. The SMILES string of the molecule is Cc1cc(C)c(C)c(S(=O)(=O)N2CCN(C(=O)c3cn4ccccc4n3)CC2)c1C. The third-order valence-corrected chi connectivity index (χ3v) is 8.18. The van der Waals surface area contributed by atoms with Crippen molar-refractivity contribution in [2.24, 2.45) is 0 Å². The van der Waals surface area contributed by atoms with Gasteiger partial charge >= 0.3 is 0 Å². The number of amides is 1. The fourth-order valence-corrected chi connectivity index (χ4v) is 6.03. The van der Waals surface area contributed by atoms with Gasteiger partial charge in [0.05, 0.1) is 4.90 Å². The summed E-state index contributed by atoms with van der Waals surface area (Å²) in [6.45, 7) is 8.82. The summed E-state index contributed by atoms with van der Waals surface area (Å²) in [5.74, 6) is -0.172. The van der Waals surface area contributed by atoms with Gasteiger partial charge in [0.15, 0.2) is 0 Å². The minimum absolute atomic E-state index is 0.172. The van der Waals surface area contributed by atoms with Crippen molar-refractivity contribution in [2.75, 3.05) is 26.2 Å². The molecule has 1 aliphatic heterocycles. The lowest BCUT2D eigenvalue weighted by molar-refractivity contribution is 0.0692. The van der Waals surface area contributed by atoms with Crippen LogP contribution in [0.15, 0.2) is 41.6 Å². The van der Waals surface area contributed by atoms with Crippen molar-refractivity contribution in [3.05, 3.63) is 64.6 Å². The van der Waals surface area contributed by atoms with Crippen LogP contribution < -0.4 is 0 Å². The van der Waals surface area contributed by atoms with Crippen LogP contribution in [0.4, 0.5) is 0 Å². The van der Waals surface area contributed by atoms with Gasteiger partial charge in [-0.15, -0.1) is 0 Å². The fraction of sp³-hybridized carbons (Fsp3) is 0.364. The third-order valence-electron chi connectivity index (χ3n) is 6.00. The number of aromatic nitrogens is 2. The second-order valence-electron chi connectivity index (χ2n) is 7.88. The predicted molar refractivity (Wildman–Crippen MR) is 115 cm³/mol. The Labute approximate surface area is 177 Å². The Morgan fingerprint density at radius 2 is 1.60 bits per heavy atom. The molecule has 0 saturated carbocycles.